The molecule has 2 aromatic rings. The predicted molar refractivity (Wildman–Crippen MR) is 87.2 cm³/mol. The van der Waals surface area contributed by atoms with Gasteiger partial charge in [0.05, 0.1) is 6.61 Å². The second kappa shape index (κ2) is 7.79. The lowest BCUT2D eigenvalue weighted by Crippen LogP contribution is -2.07. The fraction of sp³-hybridized carbons (Fsp3) is 0.250. The SMILES string of the molecule is Fc1cccc(C(CBr)CCOc2cccc(Br)c2)c1. The molecule has 0 aliphatic heterocycles. The molecule has 0 amide bonds. The number of halogens is 3. The Labute approximate surface area is 135 Å². The molecule has 1 nitrogen and oxygen atoms in total. The summed E-state index contributed by atoms with van der Waals surface area (Å²) in [5.74, 6) is 0.895. The van der Waals surface area contributed by atoms with Gasteiger partial charge in [-0.1, -0.05) is 50.1 Å². The normalized spacial score (nSPS) is 12.2. The van der Waals surface area contributed by atoms with Crippen molar-refractivity contribution in [3.63, 3.8) is 0 Å². The van der Waals surface area contributed by atoms with E-state index in [1.165, 1.54) is 6.07 Å². The van der Waals surface area contributed by atoms with Crippen LogP contribution >= 0.6 is 31.9 Å². The monoisotopic (exact) mass is 400 g/mol. The van der Waals surface area contributed by atoms with Crippen LogP contribution in [-0.4, -0.2) is 11.9 Å². The molecule has 2 rings (SSSR count). The van der Waals surface area contributed by atoms with E-state index >= 15 is 0 Å². The molecular formula is C16H15Br2FO. The Hall–Kier alpha value is -0.870. The zero-order valence-corrected chi connectivity index (χ0v) is 14.0. The smallest absolute Gasteiger partial charge is 0.123 e. The van der Waals surface area contributed by atoms with E-state index in [2.05, 4.69) is 31.9 Å². The zero-order valence-electron chi connectivity index (χ0n) is 10.9. The third kappa shape index (κ3) is 4.60. The highest BCUT2D eigenvalue weighted by Gasteiger charge is 2.11. The number of hydrogen-bond acceptors (Lipinski definition) is 1. The molecule has 0 aromatic heterocycles. The summed E-state index contributed by atoms with van der Waals surface area (Å²) in [6, 6.07) is 14.5. The summed E-state index contributed by atoms with van der Waals surface area (Å²) in [6.07, 6.45) is 0.835. The number of alkyl halides is 1. The van der Waals surface area contributed by atoms with Gasteiger partial charge in [0.1, 0.15) is 11.6 Å². The van der Waals surface area contributed by atoms with Crippen molar-refractivity contribution in [2.24, 2.45) is 0 Å². The van der Waals surface area contributed by atoms with Crippen LogP contribution in [0.15, 0.2) is 53.0 Å². The van der Waals surface area contributed by atoms with Crippen molar-refractivity contribution in [3.8, 4) is 5.75 Å². The average molecular weight is 402 g/mol. The van der Waals surface area contributed by atoms with E-state index < -0.39 is 0 Å². The van der Waals surface area contributed by atoms with Crippen molar-refractivity contribution >= 4 is 31.9 Å². The van der Waals surface area contributed by atoms with Gasteiger partial charge < -0.3 is 4.74 Å². The van der Waals surface area contributed by atoms with E-state index in [4.69, 9.17) is 4.74 Å². The van der Waals surface area contributed by atoms with Crippen LogP contribution in [0.4, 0.5) is 4.39 Å². The van der Waals surface area contributed by atoms with E-state index in [-0.39, 0.29) is 11.7 Å². The molecule has 0 fully saturated rings. The first-order chi connectivity index (χ1) is 9.69. The van der Waals surface area contributed by atoms with E-state index in [0.717, 1.165) is 27.5 Å². The summed E-state index contributed by atoms with van der Waals surface area (Å²) < 4.78 is 20.0. The highest BCUT2D eigenvalue weighted by molar-refractivity contribution is 9.10. The molecule has 0 spiro atoms. The molecule has 0 bridgehead atoms. The van der Waals surface area contributed by atoms with Crippen molar-refractivity contribution < 1.29 is 9.13 Å². The Morgan fingerprint density at radius 3 is 2.60 bits per heavy atom. The quantitative estimate of drug-likeness (QED) is 0.577. The predicted octanol–water partition coefficient (Wildman–Crippen LogP) is 5.54. The second-order valence-corrected chi connectivity index (χ2v) is 6.06. The van der Waals surface area contributed by atoms with Gasteiger partial charge in [0, 0.05) is 9.80 Å². The van der Waals surface area contributed by atoms with E-state index in [1.807, 2.05) is 30.3 Å². The van der Waals surface area contributed by atoms with Crippen molar-refractivity contribution in [3.05, 3.63) is 64.4 Å². The first kappa shape index (κ1) is 15.5. The fourth-order valence-electron chi connectivity index (χ4n) is 1.97. The van der Waals surface area contributed by atoms with Gasteiger partial charge in [-0.3, -0.25) is 0 Å². The van der Waals surface area contributed by atoms with Gasteiger partial charge in [-0.25, -0.2) is 4.39 Å². The highest BCUT2D eigenvalue weighted by Crippen LogP contribution is 2.24. The summed E-state index contributed by atoms with van der Waals surface area (Å²) >= 11 is 6.90. The largest absolute Gasteiger partial charge is 0.494 e. The van der Waals surface area contributed by atoms with Crippen LogP contribution < -0.4 is 4.74 Å². The van der Waals surface area contributed by atoms with Crippen LogP contribution in [0.5, 0.6) is 5.75 Å². The molecular weight excluding hydrogens is 387 g/mol. The summed E-state index contributed by atoms with van der Waals surface area (Å²) in [6.45, 7) is 0.600. The molecule has 0 heterocycles. The maximum Gasteiger partial charge on any atom is 0.123 e. The van der Waals surface area contributed by atoms with Gasteiger partial charge in [0.15, 0.2) is 0 Å². The Balaban J connectivity index is 1.91. The lowest BCUT2D eigenvalue weighted by molar-refractivity contribution is 0.301. The maximum absolute atomic E-state index is 13.2. The molecule has 0 saturated carbocycles. The van der Waals surface area contributed by atoms with Crippen molar-refractivity contribution in [1.29, 1.82) is 0 Å². The molecule has 1 atom stereocenters. The number of ether oxygens (including phenoxy) is 1. The molecule has 2 aromatic carbocycles. The first-order valence-corrected chi connectivity index (χ1v) is 8.30. The fourth-order valence-corrected chi connectivity index (χ4v) is 3.05. The summed E-state index contributed by atoms with van der Waals surface area (Å²) in [7, 11) is 0. The van der Waals surface area contributed by atoms with Crippen molar-refractivity contribution in [1.82, 2.24) is 0 Å². The summed E-state index contributed by atoms with van der Waals surface area (Å²) in [5, 5.41) is 0.790. The summed E-state index contributed by atoms with van der Waals surface area (Å²) in [5.41, 5.74) is 1.000. The van der Waals surface area contributed by atoms with Gasteiger partial charge in [0.2, 0.25) is 0 Å². The third-order valence-corrected chi connectivity index (χ3v) is 4.31. The van der Waals surface area contributed by atoms with Crippen LogP contribution in [0.3, 0.4) is 0 Å². The maximum atomic E-state index is 13.2. The summed E-state index contributed by atoms with van der Waals surface area (Å²) in [4.78, 5) is 0. The Morgan fingerprint density at radius 2 is 1.90 bits per heavy atom. The van der Waals surface area contributed by atoms with E-state index in [0.29, 0.717) is 6.61 Å². The van der Waals surface area contributed by atoms with Crippen LogP contribution in [0.2, 0.25) is 0 Å². The van der Waals surface area contributed by atoms with E-state index in [1.54, 1.807) is 12.1 Å². The molecule has 106 valence electrons. The molecule has 0 saturated heterocycles. The van der Waals surface area contributed by atoms with Gasteiger partial charge in [-0.05, 0) is 48.2 Å². The van der Waals surface area contributed by atoms with Crippen LogP contribution in [0, 0.1) is 5.82 Å². The number of rotatable bonds is 6. The average Bonchev–Trinajstić information content (AvgIpc) is 2.44. The number of benzene rings is 2. The number of hydrogen-bond donors (Lipinski definition) is 0. The molecule has 1 unspecified atom stereocenters. The topological polar surface area (TPSA) is 9.23 Å². The molecule has 20 heavy (non-hydrogen) atoms. The molecule has 0 radical (unpaired) electrons. The highest BCUT2D eigenvalue weighted by atomic mass is 79.9. The Kier molecular flexibility index (Phi) is 6.05. The Morgan fingerprint density at radius 1 is 1.10 bits per heavy atom. The molecule has 0 N–H and O–H groups in total. The molecule has 4 heteroatoms. The first-order valence-electron chi connectivity index (χ1n) is 6.39. The van der Waals surface area contributed by atoms with Crippen molar-refractivity contribution in [2.75, 3.05) is 11.9 Å². The lowest BCUT2D eigenvalue weighted by Gasteiger charge is -2.15. The van der Waals surface area contributed by atoms with Crippen molar-refractivity contribution in [2.45, 2.75) is 12.3 Å². The van der Waals surface area contributed by atoms with Crippen LogP contribution in [0.1, 0.15) is 17.9 Å². The van der Waals surface area contributed by atoms with Gasteiger partial charge >= 0.3 is 0 Å². The van der Waals surface area contributed by atoms with E-state index in [9.17, 15) is 4.39 Å². The standard InChI is InChI=1S/C16H15Br2FO/c17-11-13(12-3-1-5-15(19)9-12)7-8-20-16-6-2-4-14(18)10-16/h1-6,9-10,13H,7-8,11H2. The van der Waals surface area contributed by atoms with Gasteiger partial charge in [0.25, 0.3) is 0 Å². The third-order valence-electron chi connectivity index (χ3n) is 3.04. The minimum Gasteiger partial charge on any atom is -0.494 e. The second-order valence-electron chi connectivity index (χ2n) is 4.50. The minimum absolute atomic E-state index is 0.193. The minimum atomic E-state index is -0.193. The molecule has 0 aliphatic carbocycles. The zero-order chi connectivity index (χ0) is 14.4. The van der Waals surface area contributed by atoms with Gasteiger partial charge in [-0.15, -0.1) is 0 Å². The Bertz CT molecular complexity index is 560. The molecule has 0 aliphatic rings. The van der Waals surface area contributed by atoms with Gasteiger partial charge in [-0.2, -0.15) is 0 Å². The lowest BCUT2D eigenvalue weighted by atomic mass is 9.98. The van der Waals surface area contributed by atoms with Crippen LogP contribution in [0.25, 0.3) is 0 Å². The van der Waals surface area contributed by atoms with Crippen LogP contribution in [-0.2, 0) is 0 Å².